The fourth-order valence-electron chi connectivity index (χ4n) is 5.22. The Kier molecular flexibility index (Phi) is 21.2. The fraction of sp³-hybridized carbons (Fsp3) is 0.300. The number of para-hydroxylation sites is 1. The number of nitrogens with zero attached hydrogens (tertiary/aromatic N) is 7. The lowest BCUT2D eigenvalue weighted by molar-refractivity contribution is -0.384. The molecule has 1 aliphatic heterocycles. The number of likely N-dealkylation sites (N-methyl/N-ethyl adjacent to an activating group) is 2. The van der Waals surface area contributed by atoms with Gasteiger partial charge in [0.15, 0.2) is 0 Å². The van der Waals surface area contributed by atoms with Gasteiger partial charge in [-0.15, -0.1) is 0 Å². The largest absolute Gasteiger partial charge is 0.368 e. The van der Waals surface area contributed by atoms with Gasteiger partial charge in [-0.25, -0.2) is 9.97 Å². The van der Waals surface area contributed by atoms with Crippen molar-refractivity contribution in [3.8, 4) is 17.3 Å². The maximum Gasteiger partial charge on any atom is 0.294 e. The molecule has 0 unspecified atom stereocenters. The fourth-order valence-corrected chi connectivity index (χ4v) is 5.22. The van der Waals surface area contributed by atoms with E-state index >= 15 is 0 Å². The van der Waals surface area contributed by atoms with Crippen molar-refractivity contribution in [2.75, 3.05) is 44.4 Å². The highest BCUT2D eigenvalue weighted by atomic mass is 20.0. The van der Waals surface area contributed by atoms with Gasteiger partial charge in [0.1, 0.15) is 5.69 Å². The third-order valence-electron chi connectivity index (χ3n) is 7.30. The van der Waals surface area contributed by atoms with Crippen LogP contribution in [0, 0.1) is 28.4 Å². The lowest BCUT2D eigenvalue weighted by Crippen LogP contribution is -2.29. The maximum atomic E-state index is 12.0. The number of anilines is 3. The minimum absolute atomic E-state index is 0.0112. The van der Waals surface area contributed by atoms with Crippen LogP contribution in [0.25, 0.3) is 28.2 Å². The van der Waals surface area contributed by atoms with Crippen molar-refractivity contribution in [2.45, 2.75) is 26.3 Å². The summed E-state index contributed by atoms with van der Waals surface area (Å²) in [7, 11) is 5.81. The van der Waals surface area contributed by atoms with Crippen molar-refractivity contribution in [2.24, 2.45) is 0 Å². The first-order valence-corrected chi connectivity index (χ1v) is 13.9. The monoisotopic (exact) mass is 726 g/mol. The first-order valence-electron chi connectivity index (χ1n) is 13.9. The SMILES string of the molecule is Cc1cc(N(C)CCN(C)C)c([N+](=O)[O-])cc1Nc1ncc(C=CC#N)c(-c2cn3c4c(cccc24)CCC3)n1.FF.FF.FF.FF.FF. The Morgan fingerprint density at radius 1 is 1.04 bits per heavy atom. The highest BCUT2D eigenvalue weighted by Crippen LogP contribution is 2.38. The molecule has 50 heavy (non-hydrogen) atoms. The minimum atomic E-state index is -0.359. The lowest BCUT2D eigenvalue weighted by Gasteiger charge is -2.22. The number of rotatable bonds is 9. The number of halogens is 10. The topological polar surface area (TPSA) is 116 Å². The normalized spacial score (nSPS) is 10.8. The molecule has 2 aromatic carbocycles. The Morgan fingerprint density at radius 3 is 2.30 bits per heavy atom. The van der Waals surface area contributed by atoms with Crippen LogP contribution in [0.4, 0.5) is 68.8 Å². The van der Waals surface area contributed by atoms with Gasteiger partial charge in [0.2, 0.25) is 5.95 Å². The maximum absolute atomic E-state index is 12.0. The van der Waals surface area contributed by atoms with Crippen LogP contribution < -0.4 is 10.2 Å². The van der Waals surface area contributed by atoms with Crippen LogP contribution in [0.2, 0.25) is 0 Å². The van der Waals surface area contributed by atoms with Gasteiger partial charge >= 0.3 is 0 Å². The standard InChI is InChI=1S/C30H32N8O2.5F2/c1-20-16-26(36(4)15-14-35(2)3)27(38(39)40)17-25(20)33-30-32-18-22(9-6-12-31)28(34-30)24-19-37-13-7-10-21-8-5-11-23(24)29(21)37;5*1-2/h5-6,8-9,11,16-19H,7,10,13-15H2,1-4H3,(H,32,33,34);;;;;. The molecule has 0 fully saturated rings. The molecule has 1 N–H and O–H groups in total. The molecule has 20 heteroatoms. The van der Waals surface area contributed by atoms with E-state index in [1.807, 2.05) is 50.0 Å². The van der Waals surface area contributed by atoms with Gasteiger partial charge in [-0.2, -0.15) is 5.26 Å². The molecule has 5 rings (SSSR count). The van der Waals surface area contributed by atoms with E-state index in [-0.39, 0.29) is 10.6 Å². The Labute approximate surface area is 279 Å². The molecule has 0 saturated heterocycles. The molecule has 0 bridgehead atoms. The third-order valence-corrected chi connectivity index (χ3v) is 7.30. The van der Waals surface area contributed by atoms with E-state index < -0.39 is 0 Å². The van der Waals surface area contributed by atoms with Gasteiger partial charge in [-0.3, -0.25) is 10.1 Å². The van der Waals surface area contributed by atoms with Crippen molar-refractivity contribution in [1.82, 2.24) is 19.4 Å². The third kappa shape index (κ3) is 11.3. The number of nitrogens with one attached hydrogen (secondary N) is 1. The molecule has 3 heterocycles. The molecule has 0 aliphatic carbocycles. The van der Waals surface area contributed by atoms with E-state index in [0.29, 0.717) is 29.6 Å². The molecule has 4 aromatic rings. The molecule has 0 spiro atoms. The van der Waals surface area contributed by atoms with Crippen LogP contribution in [0.15, 0.2) is 48.8 Å². The van der Waals surface area contributed by atoms with Crippen molar-refractivity contribution in [3.05, 3.63) is 75.6 Å². The highest BCUT2D eigenvalue weighted by Gasteiger charge is 2.22. The van der Waals surface area contributed by atoms with Crippen LogP contribution in [-0.4, -0.2) is 58.6 Å². The predicted molar refractivity (Wildman–Crippen MR) is 170 cm³/mol. The van der Waals surface area contributed by atoms with Crippen LogP contribution in [0.5, 0.6) is 0 Å². The van der Waals surface area contributed by atoms with Gasteiger partial charge in [-0.05, 0) is 57.1 Å². The summed E-state index contributed by atoms with van der Waals surface area (Å²) < 4.78 is 82.3. The number of aryl methyl sites for hydroxylation is 3. The molecule has 0 saturated carbocycles. The van der Waals surface area contributed by atoms with E-state index in [2.05, 4.69) is 39.3 Å². The van der Waals surface area contributed by atoms with Gasteiger partial charge in [0.05, 0.1) is 27.9 Å². The number of nitriles is 1. The molecule has 0 amide bonds. The minimum Gasteiger partial charge on any atom is -0.368 e. The predicted octanol–water partition coefficient (Wildman–Crippen LogP) is 9.74. The number of benzene rings is 2. The molecule has 2 aromatic heterocycles. The molecule has 0 radical (unpaired) electrons. The number of hydrogen-bond acceptors (Lipinski definition) is 8. The first kappa shape index (κ1) is 44.5. The first-order chi connectivity index (χ1) is 24.3. The van der Waals surface area contributed by atoms with E-state index in [1.165, 1.54) is 17.2 Å². The van der Waals surface area contributed by atoms with Gasteiger partial charge in [0, 0.05) is 113 Å². The zero-order valence-corrected chi connectivity index (χ0v) is 27.0. The second kappa shape index (κ2) is 23.8. The molecule has 274 valence electrons. The Bertz CT molecular complexity index is 1700. The van der Waals surface area contributed by atoms with Crippen molar-refractivity contribution in [3.63, 3.8) is 0 Å². The quantitative estimate of drug-likeness (QED) is 0.0785. The smallest absolute Gasteiger partial charge is 0.294 e. The van der Waals surface area contributed by atoms with E-state index in [9.17, 15) is 10.1 Å². The Hall–Kier alpha value is -5.45. The van der Waals surface area contributed by atoms with Crippen LogP contribution in [-0.2, 0) is 13.0 Å². The van der Waals surface area contributed by atoms with Crippen molar-refractivity contribution < 1.29 is 50.7 Å². The summed E-state index contributed by atoms with van der Waals surface area (Å²) in [5, 5.41) is 25.5. The summed E-state index contributed by atoms with van der Waals surface area (Å²) in [6, 6.07) is 11.8. The van der Waals surface area contributed by atoms with Crippen LogP contribution in [0.1, 0.15) is 23.1 Å². The van der Waals surface area contributed by atoms with Gasteiger partial charge in [0.25, 0.3) is 5.69 Å². The lowest BCUT2D eigenvalue weighted by atomic mass is 10.0. The Balaban J connectivity index is 0.00000221. The summed E-state index contributed by atoms with van der Waals surface area (Å²) >= 11 is 0. The second-order valence-corrected chi connectivity index (χ2v) is 10.4. The molecule has 1 aliphatic rings. The van der Waals surface area contributed by atoms with Crippen LogP contribution in [0.3, 0.4) is 0 Å². The highest BCUT2D eigenvalue weighted by molar-refractivity contribution is 5.99. The van der Waals surface area contributed by atoms with Crippen molar-refractivity contribution >= 4 is 40.0 Å². The Morgan fingerprint density at radius 2 is 1.70 bits per heavy atom. The summed E-state index contributed by atoms with van der Waals surface area (Å²) in [6.45, 7) is 4.27. The van der Waals surface area contributed by atoms with E-state index in [0.717, 1.165) is 48.0 Å². The van der Waals surface area contributed by atoms with Gasteiger partial charge in [-0.1, -0.05) is 18.2 Å². The number of allylic oxidation sites excluding steroid dienone is 1. The van der Waals surface area contributed by atoms with E-state index in [1.54, 1.807) is 18.3 Å². The summed E-state index contributed by atoms with van der Waals surface area (Å²) in [4.78, 5) is 25.0. The summed E-state index contributed by atoms with van der Waals surface area (Å²) in [5.41, 5.74) is 6.87. The van der Waals surface area contributed by atoms with Gasteiger partial charge < -0.3 is 19.7 Å². The average molecular weight is 727 g/mol. The molecule has 0 atom stereocenters. The number of nitro benzene ring substituents is 1. The number of hydrogen-bond donors (Lipinski definition) is 1. The number of aromatic nitrogens is 3. The zero-order chi connectivity index (χ0) is 38.4. The zero-order valence-electron chi connectivity index (χ0n) is 27.0. The number of nitro groups is 1. The second-order valence-electron chi connectivity index (χ2n) is 10.4. The molecular formula is C30H32F10N8O2. The summed E-state index contributed by atoms with van der Waals surface area (Å²) in [5.74, 6) is 0.321. The average Bonchev–Trinajstić information content (AvgIpc) is 3.54. The van der Waals surface area contributed by atoms with Crippen LogP contribution >= 0.6 is 0 Å². The molecule has 10 nitrogen and oxygen atoms in total. The van der Waals surface area contributed by atoms with Crippen molar-refractivity contribution in [1.29, 1.82) is 5.26 Å². The molecular weight excluding hydrogens is 694 g/mol. The summed E-state index contributed by atoms with van der Waals surface area (Å²) in [6.07, 6.45) is 9.04. The van der Waals surface area contributed by atoms with E-state index in [4.69, 9.17) is 56.0 Å².